The maximum Gasteiger partial charge on any atom is 0.113 e. The summed E-state index contributed by atoms with van der Waals surface area (Å²) < 4.78 is 5.24. The van der Waals surface area contributed by atoms with Crippen molar-refractivity contribution in [3.8, 4) is 0 Å². The topological polar surface area (TPSA) is 25.2 Å². The first-order valence-electron chi connectivity index (χ1n) is 5.12. The summed E-state index contributed by atoms with van der Waals surface area (Å²) in [5, 5.41) is 3.40. The molecule has 1 heterocycles. The summed E-state index contributed by atoms with van der Waals surface area (Å²) >= 11 is 1.93. The van der Waals surface area contributed by atoms with Crippen LogP contribution in [0.3, 0.4) is 0 Å². The van der Waals surface area contributed by atoms with Crippen LogP contribution in [-0.4, -0.2) is 18.3 Å². The number of nitrogens with one attached hydrogen (secondary N) is 1. The molecule has 1 aromatic rings. The maximum absolute atomic E-state index is 5.24. The number of furan rings is 1. The Balaban J connectivity index is 1.90. The molecule has 0 spiro atoms. The highest BCUT2D eigenvalue weighted by Gasteiger charge is 1.96. The van der Waals surface area contributed by atoms with Gasteiger partial charge in [-0.1, -0.05) is 13.8 Å². The molecule has 14 heavy (non-hydrogen) atoms. The van der Waals surface area contributed by atoms with Gasteiger partial charge in [0, 0.05) is 6.04 Å². The van der Waals surface area contributed by atoms with E-state index in [0.29, 0.717) is 6.04 Å². The molecule has 0 aliphatic carbocycles. The SMILES string of the molecule is CC(C)NCCCSCc1ccco1. The molecule has 0 aliphatic rings. The number of hydrogen-bond acceptors (Lipinski definition) is 3. The van der Waals surface area contributed by atoms with Gasteiger partial charge in [0.2, 0.25) is 0 Å². The Morgan fingerprint density at radius 2 is 2.36 bits per heavy atom. The van der Waals surface area contributed by atoms with Crippen LogP contribution in [-0.2, 0) is 5.75 Å². The third kappa shape index (κ3) is 5.35. The molecule has 0 aromatic carbocycles. The summed E-state index contributed by atoms with van der Waals surface area (Å²) in [6, 6.07) is 4.57. The molecule has 0 radical (unpaired) electrons. The van der Waals surface area contributed by atoms with Crippen molar-refractivity contribution in [1.82, 2.24) is 5.32 Å². The standard InChI is InChI=1S/C11H19NOS/c1-10(2)12-6-4-8-14-9-11-5-3-7-13-11/h3,5,7,10,12H,4,6,8-9H2,1-2H3. The zero-order valence-corrected chi connectivity index (χ0v) is 9.77. The number of hydrogen-bond donors (Lipinski definition) is 1. The molecule has 2 nitrogen and oxygen atoms in total. The van der Waals surface area contributed by atoms with Gasteiger partial charge in [-0.3, -0.25) is 0 Å². The first-order valence-corrected chi connectivity index (χ1v) is 6.28. The van der Waals surface area contributed by atoms with Crippen LogP contribution in [0.4, 0.5) is 0 Å². The maximum atomic E-state index is 5.24. The van der Waals surface area contributed by atoms with E-state index in [-0.39, 0.29) is 0 Å². The molecule has 0 saturated carbocycles. The van der Waals surface area contributed by atoms with Crippen molar-refractivity contribution < 1.29 is 4.42 Å². The fourth-order valence-electron chi connectivity index (χ4n) is 1.13. The Morgan fingerprint density at radius 1 is 1.50 bits per heavy atom. The summed E-state index contributed by atoms with van der Waals surface area (Å²) in [5.41, 5.74) is 0. The molecule has 0 aliphatic heterocycles. The molecular weight excluding hydrogens is 194 g/mol. The summed E-state index contributed by atoms with van der Waals surface area (Å²) in [6.45, 7) is 5.47. The molecule has 1 aromatic heterocycles. The van der Waals surface area contributed by atoms with Crippen LogP contribution >= 0.6 is 11.8 Å². The molecule has 1 N–H and O–H groups in total. The third-order valence-electron chi connectivity index (χ3n) is 1.84. The van der Waals surface area contributed by atoms with Crippen LogP contribution in [0.25, 0.3) is 0 Å². The van der Waals surface area contributed by atoms with Crippen LogP contribution in [0.2, 0.25) is 0 Å². The van der Waals surface area contributed by atoms with Gasteiger partial charge in [0.25, 0.3) is 0 Å². The molecule has 0 bridgehead atoms. The van der Waals surface area contributed by atoms with E-state index in [9.17, 15) is 0 Å². The minimum absolute atomic E-state index is 0.602. The van der Waals surface area contributed by atoms with Crippen LogP contribution in [0.15, 0.2) is 22.8 Å². The van der Waals surface area contributed by atoms with Crippen LogP contribution in [0.1, 0.15) is 26.0 Å². The Bertz CT molecular complexity index is 221. The quantitative estimate of drug-likeness (QED) is 0.705. The van der Waals surface area contributed by atoms with Crippen LogP contribution in [0.5, 0.6) is 0 Å². The van der Waals surface area contributed by atoms with E-state index in [2.05, 4.69) is 19.2 Å². The molecule has 0 saturated heterocycles. The number of thioether (sulfide) groups is 1. The largest absolute Gasteiger partial charge is 0.468 e. The van der Waals surface area contributed by atoms with Crippen molar-refractivity contribution >= 4 is 11.8 Å². The summed E-state index contributed by atoms with van der Waals surface area (Å²) in [7, 11) is 0. The smallest absolute Gasteiger partial charge is 0.113 e. The van der Waals surface area contributed by atoms with Crippen LogP contribution < -0.4 is 5.32 Å². The predicted octanol–water partition coefficient (Wildman–Crippen LogP) is 2.90. The normalized spacial score (nSPS) is 11.1. The Labute approximate surface area is 90.5 Å². The van der Waals surface area contributed by atoms with Crippen LogP contribution in [0, 0.1) is 0 Å². The Morgan fingerprint density at radius 3 is 3.00 bits per heavy atom. The van der Waals surface area contributed by atoms with Crippen molar-refractivity contribution in [2.45, 2.75) is 32.1 Å². The Hall–Kier alpha value is -0.410. The van der Waals surface area contributed by atoms with E-state index in [4.69, 9.17) is 4.42 Å². The molecule has 1 rings (SSSR count). The van der Waals surface area contributed by atoms with E-state index in [1.807, 2.05) is 23.9 Å². The number of rotatable bonds is 7. The van der Waals surface area contributed by atoms with Crippen molar-refractivity contribution in [2.24, 2.45) is 0 Å². The van der Waals surface area contributed by atoms with Gasteiger partial charge in [-0.25, -0.2) is 0 Å². The molecule has 0 atom stereocenters. The second-order valence-corrected chi connectivity index (χ2v) is 4.70. The van der Waals surface area contributed by atoms with Gasteiger partial charge in [-0.2, -0.15) is 11.8 Å². The second-order valence-electron chi connectivity index (χ2n) is 3.59. The molecule has 80 valence electrons. The molecule has 0 amide bonds. The van der Waals surface area contributed by atoms with Crippen molar-refractivity contribution in [1.29, 1.82) is 0 Å². The first-order chi connectivity index (χ1) is 6.79. The summed E-state index contributed by atoms with van der Waals surface area (Å²) in [6.07, 6.45) is 2.96. The van der Waals surface area contributed by atoms with Gasteiger partial charge >= 0.3 is 0 Å². The van der Waals surface area contributed by atoms with Crippen molar-refractivity contribution in [2.75, 3.05) is 12.3 Å². The molecular formula is C11H19NOS. The zero-order valence-electron chi connectivity index (χ0n) is 8.95. The third-order valence-corrected chi connectivity index (χ3v) is 2.91. The fraction of sp³-hybridized carbons (Fsp3) is 0.636. The lowest BCUT2D eigenvalue weighted by Crippen LogP contribution is -2.23. The van der Waals surface area contributed by atoms with E-state index >= 15 is 0 Å². The van der Waals surface area contributed by atoms with Gasteiger partial charge in [-0.05, 0) is 30.9 Å². The lowest BCUT2D eigenvalue weighted by molar-refractivity contribution is 0.530. The second kappa shape index (κ2) is 6.96. The highest BCUT2D eigenvalue weighted by atomic mass is 32.2. The highest BCUT2D eigenvalue weighted by Crippen LogP contribution is 2.12. The Kier molecular flexibility index (Phi) is 5.80. The van der Waals surface area contributed by atoms with Gasteiger partial charge < -0.3 is 9.73 Å². The van der Waals surface area contributed by atoms with Crippen molar-refractivity contribution in [3.63, 3.8) is 0 Å². The summed E-state index contributed by atoms with van der Waals surface area (Å²) in [5.74, 6) is 3.27. The minimum atomic E-state index is 0.602. The van der Waals surface area contributed by atoms with Gasteiger partial charge in [0.1, 0.15) is 5.76 Å². The fourth-order valence-corrected chi connectivity index (χ4v) is 1.99. The zero-order chi connectivity index (χ0) is 10.2. The van der Waals surface area contributed by atoms with E-state index in [1.54, 1.807) is 6.26 Å². The monoisotopic (exact) mass is 213 g/mol. The van der Waals surface area contributed by atoms with E-state index < -0.39 is 0 Å². The van der Waals surface area contributed by atoms with Gasteiger partial charge in [0.05, 0.1) is 12.0 Å². The lowest BCUT2D eigenvalue weighted by Gasteiger charge is -2.06. The first kappa shape index (κ1) is 11.7. The van der Waals surface area contributed by atoms with Crippen molar-refractivity contribution in [3.05, 3.63) is 24.2 Å². The van der Waals surface area contributed by atoms with E-state index in [1.165, 1.54) is 12.2 Å². The summed E-state index contributed by atoms with van der Waals surface area (Å²) in [4.78, 5) is 0. The molecule has 0 fully saturated rings. The average Bonchev–Trinajstić information content (AvgIpc) is 2.63. The average molecular weight is 213 g/mol. The molecule has 3 heteroatoms. The minimum Gasteiger partial charge on any atom is -0.468 e. The van der Waals surface area contributed by atoms with Gasteiger partial charge in [0.15, 0.2) is 0 Å². The molecule has 0 unspecified atom stereocenters. The van der Waals surface area contributed by atoms with E-state index in [0.717, 1.165) is 18.1 Å². The highest BCUT2D eigenvalue weighted by molar-refractivity contribution is 7.98. The predicted molar refractivity (Wildman–Crippen MR) is 62.6 cm³/mol. The lowest BCUT2D eigenvalue weighted by atomic mass is 10.4. The van der Waals surface area contributed by atoms with Gasteiger partial charge in [-0.15, -0.1) is 0 Å².